The molecular formula is C8H6ClN3S2. The topological polar surface area (TPSA) is 38.7 Å². The molecule has 0 radical (unpaired) electrons. The van der Waals surface area contributed by atoms with Gasteiger partial charge in [-0.25, -0.2) is 9.97 Å². The summed E-state index contributed by atoms with van der Waals surface area (Å²) in [6, 6.07) is 0. The van der Waals surface area contributed by atoms with Gasteiger partial charge in [0.15, 0.2) is 0 Å². The summed E-state index contributed by atoms with van der Waals surface area (Å²) in [5, 5.41) is 2.38. The minimum Gasteiger partial charge on any atom is -0.256 e. The van der Waals surface area contributed by atoms with Crippen molar-refractivity contribution < 1.29 is 0 Å². The van der Waals surface area contributed by atoms with Crippen molar-refractivity contribution in [2.75, 3.05) is 0 Å². The van der Waals surface area contributed by atoms with Crippen LogP contribution in [0.15, 0.2) is 28.3 Å². The van der Waals surface area contributed by atoms with E-state index in [-0.39, 0.29) is 0 Å². The molecule has 2 aromatic heterocycles. The van der Waals surface area contributed by atoms with E-state index in [9.17, 15) is 0 Å². The van der Waals surface area contributed by atoms with Crippen molar-refractivity contribution in [3.05, 3.63) is 34.8 Å². The maximum absolute atomic E-state index is 5.62. The summed E-state index contributed by atoms with van der Waals surface area (Å²) in [4.78, 5) is 12.2. The molecule has 2 rings (SSSR count). The minimum absolute atomic E-state index is 0.424. The smallest absolute Gasteiger partial charge is 0.150 e. The normalized spacial score (nSPS) is 10.4. The summed E-state index contributed by atoms with van der Waals surface area (Å²) in [5.41, 5.74) is 0.912. The van der Waals surface area contributed by atoms with E-state index in [0.717, 1.165) is 15.8 Å². The number of halogens is 1. The highest BCUT2D eigenvalue weighted by Crippen LogP contribution is 2.23. The van der Waals surface area contributed by atoms with Crippen LogP contribution in [0.25, 0.3) is 0 Å². The lowest BCUT2D eigenvalue weighted by atomic mass is 10.5. The third-order valence-corrected chi connectivity index (χ3v) is 3.62. The molecule has 0 aliphatic carbocycles. The van der Waals surface area contributed by atoms with Crippen LogP contribution in [0.4, 0.5) is 0 Å². The first-order valence-electron chi connectivity index (χ1n) is 3.83. The standard InChI is InChI=1S/C8H6ClN3S2/c9-7-4-11-6(3-12-7)5-14-8-10-1-2-13-8/h1-4H,5H2. The van der Waals surface area contributed by atoms with Crippen LogP contribution in [0, 0.1) is 0 Å². The Labute approximate surface area is 94.6 Å². The molecule has 3 nitrogen and oxygen atoms in total. The zero-order valence-electron chi connectivity index (χ0n) is 7.05. The van der Waals surface area contributed by atoms with Gasteiger partial charge < -0.3 is 0 Å². The van der Waals surface area contributed by atoms with E-state index >= 15 is 0 Å². The third kappa shape index (κ3) is 2.67. The van der Waals surface area contributed by atoms with Crippen LogP contribution in [0.3, 0.4) is 0 Å². The zero-order chi connectivity index (χ0) is 9.80. The van der Waals surface area contributed by atoms with Crippen LogP contribution in [-0.4, -0.2) is 15.0 Å². The van der Waals surface area contributed by atoms with E-state index in [4.69, 9.17) is 11.6 Å². The third-order valence-electron chi connectivity index (χ3n) is 1.43. The number of rotatable bonds is 3. The van der Waals surface area contributed by atoms with Gasteiger partial charge in [0.25, 0.3) is 0 Å². The van der Waals surface area contributed by atoms with Crippen molar-refractivity contribution in [1.82, 2.24) is 15.0 Å². The molecule has 72 valence electrons. The van der Waals surface area contributed by atoms with Crippen molar-refractivity contribution >= 4 is 34.7 Å². The Morgan fingerprint density at radius 1 is 1.29 bits per heavy atom. The molecule has 0 amide bonds. The molecule has 0 spiro atoms. The molecule has 0 fully saturated rings. The second kappa shape index (κ2) is 4.72. The minimum atomic E-state index is 0.424. The van der Waals surface area contributed by atoms with E-state index < -0.39 is 0 Å². The summed E-state index contributed by atoms with van der Waals surface area (Å²) < 4.78 is 1.04. The number of thiazole rings is 1. The molecule has 2 heterocycles. The fourth-order valence-electron chi connectivity index (χ4n) is 0.831. The average Bonchev–Trinajstić information content (AvgIpc) is 2.70. The lowest BCUT2D eigenvalue weighted by Gasteiger charge is -1.96. The highest BCUT2D eigenvalue weighted by Gasteiger charge is 1.99. The Balaban J connectivity index is 1.95. The predicted octanol–water partition coefficient (Wildman–Crippen LogP) is 2.88. The fourth-order valence-corrected chi connectivity index (χ4v) is 2.46. The molecule has 0 aliphatic rings. The first kappa shape index (κ1) is 9.89. The number of thioether (sulfide) groups is 1. The second-order valence-electron chi connectivity index (χ2n) is 2.42. The molecule has 0 aromatic carbocycles. The molecule has 2 aromatic rings. The van der Waals surface area contributed by atoms with Gasteiger partial charge in [0.2, 0.25) is 0 Å². The van der Waals surface area contributed by atoms with Gasteiger partial charge in [-0.2, -0.15) is 0 Å². The lowest BCUT2D eigenvalue weighted by Crippen LogP contribution is -1.87. The molecule has 0 N–H and O–H groups in total. The van der Waals surface area contributed by atoms with Gasteiger partial charge in [0.05, 0.1) is 18.1 Å². The van der Waals surface area contributed by atoms with Crippen molar-refractivity contribution in [2.24, 2.45) is 0 Å². The van der Waals surface area contributed by atoms with Crippen LogP contribution in [0.5, 0.6) is 0 Å². The molecular weight excluding hydrogens is 238 g/mol. The number of hydrogen-bond donors (Lipinski definition) is 0. The van der Waals surface area contributed by atoms with Crippen molar-refractivity contribution in [1.29, 1.82) is 0 Å². The summed E-state index contributed by atoms with van der Waals surface area (Å²) in [5.74, 6) is 0.775. The Morgan fingerprint density at radius 3 is 2.86 bits per heavy atom. The maximum atomic E-state index is 5.62. The van der Waals surface area contributed by atoms with Gasteiger partial charge >= 0.3 is 0 Å². The van der Waals surface area contributed by atoms with Crippen molar-refractivity contribution in [3.63, 3.8) is 0 Å². The first-order chi connectivity index (χ1) is 6.84. The molecule has 0 saturated carbocycles. The van der Waals surface area contributed by atoms with E-state index in [1.165, 1.54) is 0 Å². The van der Waals surface area contributed by atoms with Gasteiger partial charge in [-0.3, -0.25) is 4.98 Å². The molecule has 0 aliphatic heterocycles. The van der Waals surface area contributed by atoms with Crippen LogP contribution < -0.4 is 0 Å². The van der Waals surface area contributed by atoms with E-state index in [0.29, 0.717) is 5.15 Å². The highest BCUT2D eigenvalue weighted by atomic mass is 35.5. The average molecular weight is 244 g/mol. The quantitative estimate of drug-likeness (QED) is 0.777. The first-order valence-corrected chi connectivity index (χ1v) is 6.07. The molecule has 14 heavy (non-hydrogen) atoms. The van der Waals surface area contributed by atoms with Gasteiger partial charge in [-0.1, -0.05) is 23.4 Å². The van der Waals surface area contributed by atoms with Crippen molar-refractivity contribution in [2.45, 2.75) is 10.1 Å². The van der Waals surface area contributed by atoms with Crippen LogP contribution >= 0.6 is 34.7 Å². The Morgan fingerprint density at radius 2 is 2.21 bits per heavy atom. The largest absolute Gasteiger partial charge is 0.256 e. The van der Waals surface area contributed by atoms with Gasteiger partial charge in [-0.15, -0.1) is 11.3 Å². The SMILES string of the molecule is Clc1cnc(CSc2nccs2)cn1. The fraction of sp³-hybridized carbons (Fsp3) is 0.125. The van der Waals surface area contributed by atoms with Gasteiger partial charge in [-0.05, 0) is 0 Å². The Kier molecular flexibility index (Phi) is 3.34. The summed E-state index contributed by atoms with van der Waals surface area (Å²) in [7, 11) is 0. The van der Waals surface area contributed by atoms with Crippen molar-refractivity contribution in [3.8, 4) is 0 Å². The molecule has 0 atom stereocenters. The number of aromatic nitrogens is 3. The summed E-state index contributed by atoms with van der Waals surface area (Å²) in [6.45, 7) is 0. The molecule has 0 saturated heterocycles. The van der Waals surface area contributed by atoms with E-state index in [1.807, 2.05) is 5.38 Å². The Bertz CT molecular complexity index is 387. The summed E-state index contributed by atoms with van der Waals surface area (Å²) >= 11 is 8.89. The highest BCUT2D eigenvalue weighted by molar-refractivity contribution is 8.00. The monoisotopic (exact) mass is 243 g/mol. The summed E-state index contributed by atoms with van der Waals surface area (Å²) in [6.07, 6.45) is 5.03. The molecule has 0 bridgehead atoms. The van der Waals surface area contributed by atoms with E-state index in [2.05, 4.69) is 15.0 Å². The van der Waals surface area contributed by atoms with E-state index in [1.54, 1.807) is 41.7 Å². The predicted molar refractivity (Wildman–Crippen MR) is 58.7 cm³/mol. The Hall–Kier alpha value is -0.650. The molecule has 6 heteroatoms. The number of hydrogen-bond acceptors (Lipinski definition) is 5. The maximum Gasteiger partial charge on any atom is 0.150 e. The molecule has 0 unspecified atom stereocenters. The second-order valence-corrected chi connectivity index (χ2v) is 4.92. The van der Waals surface area contributed by atoms with Crippen LogP contribution in [0.1, 0.15) is 5.69 Å². The number of nitrogens with zero attached hydrogens (tertiary/aromatic N) is 3. The van der Waals surface area contributed by atoms with Crippen LogP contribution in [0.2, 0.25) is 5.15 Å². The lowest BCUT2D eigenvalue weighted by molar-refractivity contribution is 1.10. The van der Waals surface area contributed by atoms with Gasteiger partial charge in [0.1, 0.15) is 9.49 Å². The zero-order valence-corrected chi connectivity index (χ0v) is 9.44. The van der Waals surface area contributed by atoms with Gasteiger partial charge in [0, 0.05) is 17.3 Å². The van der Waals surface area contributed by atoms with Crippen LogP contribution in [-0.2, 0) is 5.75 Å².